The van der Waals surface area contributed by atoms with E-state index in [4.69, 9.17) is 14.2 Å². The number of sulfonamides is 1. The van der Waals surface area contributed by atoms with Gasteiger partial charge in [0.15, 0.2) is 0 Å². The molecule has 53 heavy (non-hydrogen) atoms. The van der Waals surface area contributed by atoms with Gasteiger partial charge in [0.05, 0.1) is 25.0 Å². The Balaban J connectivity index is 1.37. The third-order valence-electron chi connectivity index (χ3n) is 11.2. The molecule has 4 aliphatic rings. The molecule has 4 amide bonds. The Hall–Kier alpha value is -4.44. The topological polar surface area (TPSA) is 190 Å². The van der Waals surface area contributed by atoms with Crippen LogP contribution in [-0.2, 0) is 29.1 Å². The molecule has 0 aromatic heterocycles. The van der Waals surface area contributed by atoms with E-state index >= 15 is 0 Å². The molecule has 0 unspecified atom stereocenters. The highest BCUT2D eigenvalue weighted by Crippen LogP contribution is 2.48. The zero-order chi connectivity index (χ0) is 38.3. The number of fused-ring (bicyclic) bond motifs is 3. The first-order valence-electron chi connectivity index (χ1n) is 17.9. The summed E-state index contributed by atoms with van der Waals surface area (Å²) in [5.41, 5.74) is -1.59. The zero-order valence-corrected chi connectivity index (χ0v) is 31.0. The second kappa shape index (κ2) is 14.8. The number of carboxylic acid groups (broad SMARTS) is 1. The maximum absolute atomic E-state index is 14.6. The van der Waals surface area contributed by atoms with Crippen LogP contribution in [0.5, 0.6) is 11.5 Å². The molecule has 288 valence electrons. The van der Waals surface area contributed by atoms with Gasteiger partial charge in [-0.05, 0) is 81.7 Å². The van der Waals surface area contributed by atoms with E-state index < -0.39 is 80.0 Å². The first-order valence-corrected chi connectivity index (χ1v) is 19.4. The van der Waals surface area contributed by atoms with Crippen LogP contribution < -0.4 is 24.8 Å². The van der Waals surface area contributed by atoms with Crippen LogP contribution in [0.2, 0.25) is 0 Å². The monoisotopic (exact) mass is 758 g/mol. The van der Waals surface area contributed by atoms with Gasteiger partial charge in [0.1, 0.15) is 41.0 Å². The van der Waals surface area contributed by atoms with Gasteiger partial charge in [-0.1, -0.05) is 19.1 Å². The van der Waals surface area contributed by atoms with Crippen molar-refractivity contribution in [2.24, 2.45) is 17.8 Å². The Morgan fingerprint density at radius 2 is 1.83 bits per heavy atom. The Morgan fingerprint density at radius 1 is 1.09 bits per heavy atom. The van der Waals surface area contributed by atoms with Gasteiger partial charge >= 0.3 is 6.09 Å². The third kappa shape index (κ3) is 7.79. The van der Waals surface area contributed by atoms with Crippen molar-refractivity contribution in [3.63, 3.8) is 0 Å². The molecule has 2 aromatic rings. The van der Waals surface area contributed by atoms with Crippen molar-refractivity contribution < 1.29 is 51.3 Å². The summed E-state index contributed by atoms with van der Waals surface area (Å²) in [4.78, 5) is 56.1. The lowest BCUT2D eigenvalue weighted by molar-refractivity contribution is -0.142. The highest BCUT2D eigenvalue weighted by atomic mass is 32.2. The molecule has 2 heterocycles. The molecule has 16 heteroatoms. The van der Waals surface area contributed by atoms with Crippen molar-refractivity contribution in [1.29, 1.82) is 0 Å². The van der Waals surface area contributed by atoms with Gasteiger partial charge in [-0.2, -0.15) is 0 Å². The number of ether oxygens (including phenoxy) is 3. The van der Waals surface area contributed by atoms with E-state index in [1.54, 1.807) is 25.1 Å². The number of nitrogens with zero attached hydrogens (tertiary/aromatic N) is 1. The largest absolute Gasteiger partial charge is 0.496 e. The minimum absolute atomic E-state index is 0.0291. The third-order valence-corrected chi connectivity index (χ3v) is 13.3. The molecule has 4 N–H and O–H groups in total. The van der Waals surface area contributed by atoms with E-state index in [-0.39, 0.29) is 37.7 Å². The fourth-order valence-corrected chi connectivity index (χ4v) is 8.96. The molecule has 3 fully saturated rings. The number of hydrogen-bond acceptors (Lipinski definition) is 9. The van der Waals surface area contributed by atoms with Gasteiger partial charge in [0, 0.05) is 36.1 Å². The van der Waals surface area contributed by atoms with Gasteiger partial charge < -0.3 is 34.9 Å². The van der Waals surface area contributed by atoms with E-state index in [2.05, 4.69) is 15.4 Å². The average Bonchev–Trinajstić information content (AvgIpc) is 3.98. The van der Waals surface area contributed by atoms with E-state index in [9.17, 15) is 37.1 Å². The molecule has 2 saturated carbocycles. The predicted octanol–water partition coefficient (Wildman–Crippen LogP) is 3.48. The van der Waals surface area contributed by atoms with Crippen molar-refractivity contribution in [1.82, 2.24) is 20.3 Å². The first-order chi connectivity index (χ1) is 25.1. The van der Waals surface area contributed by atoms with Crippen LogP contribution in [-0.4, -0.2) is 98.1 Å². The molecular weight excluding hydrogens is 711 g/mol. The molecule has 2 aliphatic carbocycles. The molecule has 6 rings (SSSR count). The average molecular weight is 759 g/mol. The number of carbonyl (C=O) groups excluding carboxylic acids is 3. The Labute approximate surface area is 307 Å². The van der Waals surface area contributed by atoms with Crippen LogP contribution >= 0.6 is 0 Å². The van der Waals surface area contributed by atoms with Gasteiger partial charge in [0.25, 0.3) is 5.91 Å². The Kier molecular flexibility index (Phi) is 10.7. The van der Waals surface area contributed by atoms with Gasteiger partial charge in [0.2, 0.25) is 21.8 Å². The minimum Gasteiger partial charge on any atom is -0.496 e. The van der Waals surface area contributed by atoms with Crippen LogP contribution in [0, 0.1) is 23.6 Å². The molecular formula is C37H47FN4O10S. The van der Waals surface area contributed by atoms with Crippen molar-refractivity contribution in [2.75, 3.05) is 27.4 Å². The fourth-order valence-electron chi connectivity index (χ4n) is 7.65. The summed E-state index contributed by atoms with van der Waals surface area (Å²) in [6.45, 7) is 3.46. The standard InChI is InChI=1S/C37H47FN4O10S/c1-21-7-5-6-8-23-18-37(23,34(45)41-53(48,49)36(2)13-14-36)40-32(43)28-17-25(19-42(28)33(44)31(39-35(46)47)22(15-21)20-50-3)52-30-12-11-29(51-4)26-10-9-24(38)16-27(26)30/h6,8-12,16,21-23,25,28,31,39H,5,7,13-15,17-20H2,1-4H3,(H,40,43)(H,41,45)(H,46,47)/t21-,22+,23-,25-,28+,31+,37-/m1/s1. The maximum Gasteiger partial charge on any atom is 0.405 e. The SMILES string of the molecule is COC[C@@H]1C[C@H](C)CCC=C[C@@H]2C[C@@]2(C(=O)NS(=O)(=O)C2(C)CC2)NC(=O)[C@@H]2C[C@@H](Oc3ccc(OC)c4ccc(F)cc34)CN2C(=O)[C@H]1NC(=O)O. The number of benzene rings is 2. The van der Waals surface area contributed by atoms with Gasteiger partial charge in [-0.3, -0.25) is 19.1 Å². The lowest BCUT2D eigenvalue weighted by Crippen LogP contribution is -2.59. The van der Waals surface area contributed by atoms with Crippen LogP contribution in [0.1, 0.15) is 58.8 Å². The smallest absolute Gasteiger partial charge is 0.405 e. The quantitative estimate of drug-likeness (QED) is 0.276. The van der Waals surface area contributed by atoms with Crippen molar-refractivity contribution in [3.8, 4) is 11.5 Å². The summed E-state index contributed by atoms with van der Waals surface area (Å²) < 4.78 is 59.1. The molecule has 0 radical (unpaired) electrons. The summed E-state index contributed by atoms with van der Waals surface area (Å²) in [6, 6.07) is 4.86. The summed E-state index contributed by atoms with van der Waals surface area (Å²) in [5, 5.41) is 16.0. The minimum atomic E-state index is -4.03. The zero-order valence-electron chi connectivity index (χ0n) is 30.2. The van der Waals surface area contributed by atoms with E-state index in [0.29, 0.717) is 48.6 Å². The van der Waals surface area contributed by atoms with E-state index in [0.717, 1.165) is 0 Å². The number of halogens is 1. The van der Waals surface area contributed by atoms with Gasteiger partial charge in [-0.25, -0.2) is 17.6 Å². The van der Waals surface area contributed by atoms with Gasteiger partial charge in [-0.15, -0.1) is 0 Å². The molecule has 2 aromatic carbocycles. The number of carbonyl (C=O) groups is 4. The second-order valence-corrected chi connectivity index (χ2v) is 17.3. The second-order valence-electron chi connectivity index (χ2n) is 15.1. The maximum atomic E-state index is 14.6. The summed E-state index contributed by atoms with van der Waals surface area (Å²) in [5.74, 6) is -3.09. The number of hydrogen-bond donors (Lipinski definition) is 4. The number of amides is 4. The number of rotatable bonds is 9. The molecule has 1 saturated heterocycles. The first kappa shape index (κ1) is 38.3. The lowest BCUT2D eigenvalue weighted by Gasteiger charge is -2.33. The number of allylic oxidation sites excluding steroid dienone is 1. The van der Waals surface area contributed by atoms with Crippen LogP contribution in [0.25, 0.3) is 10.8 Å². The summed E-state index contributed by atoms with van der Waals surface area (Å²) in [6.07, 6.45) is 4.05. The molecule has 7 atom stereocenters. The van der Waals surface area contributed by atoms with E-state index in [1.807, 2.05) is 19.1 Å². The molecule has 14 nitrogen and oxygen atoms in total. The Bertz CT molecular complexity index is 1920. The highest BCUT2D eigenvalue weighted by Gasteiger charge is 2.63. The molecule has 0 spiro atoms. The van der Waals surface area contributed by atoms with E-state index in [1.165, 1.54) is 31.3 Å². The van der Waals surface area contributed by atoms with Crippen LogP contribution in [0.4, 0.5) is 9.18 Å². The number of methoxy groups -OCH3 is 2. The van der Waals surface area contributed by atoms with Crippen LogP contribution in [0.3, 0.4) is 0 Å². The van der Waals surface area contributed by atoms with Crippen LogP contribution in [0.15, 0.2) is 42.5 Å². The normalized spacial score (nSPS) is 29.9. The number of nitrogens with one attached hydrogen (secondary N) is 3. The fraction of sp³-hybridized carbons (Fsp3) is 0.568. The summed E-state index contributed by atoms with van der Waals surface area (Å²) >= 11 is 0. The van der Waals surface area contributed by atoms with Crippen molar-refractivity contribution in [3.05, 3.63) is 48.3 Å². The summed E-state index contributed by atoms with van der Waals surface area (Å²) in [7, 11) is -1.09. The predicted molar refractivity (Wildman–Crippen MR) is 191 cm³/mol. The van der Waals surface area contributed by atoms with Crippen molar-refractivity contribution >= 4 is 44.6 Å². The molecule has 0 bridgehead atoms. The van der Waals surface area contributed by atoms with Crippen molar-refractivity contribution in [2.45, 2.75) is 87.3 Å². The lowest BCUT2D eigenvalue weighted by atomic mass is 9.87. The Morgan fingerprint density at radius 3 is 2.51 bits per heavy atom. The highest BCUT2D eigenvalue weighted by molar-refractivity contribution is 7.91. The molecule has 2 aliphatic heterocycles.